The fourth-order valence-corrected chi connectivity index (χ4v) is 3.56. The molecule has 0 radical (unpaired) electrons. The molecule has 1 aliphatic heterocycles. The summed E-state index contributed by atoms with van der Waals surface area (Å²) in [5, 5.41) is 6.12. The molecular formula is C21H29Cl2F4N5. The van der Waals surface area contributed by atoms with Crippen LogP contribution >= 0.6 is 24.8 Å². The van der Waals surface area contributed by atoms with Crippen molar-refractivity contribution in [1.29, 1.82) is 0 Å². The van der Waals surface area contributed by atoms with Crippen LogP contribution in [0.1, 0.15) is 43.9 Å². The van der Waals surface area contributed by atoms with Crippen LogP contribution in [0.3, 0.4) is 0 Å². The van der Waals surface area contributed by atoms with E-state index in [1.807, 2.05) is 13.1 Å². The molecule has 0 spiro atoms. The standard InChI is InChI=1S/C21H27F4N5.2ClH/c1-3-4-6-14-12-19(30-10-5-7-16(13-30)26-2)29-20(27-14)28-15-8-9-18(22)17(11-15)21(23,24)25;;/h8-9,11-12,16,26H,3-7,10,13H2,1-2H3,(H,27,28,29);2*1H. The number of anilines is 3. The van der Waals surface area contributed by atoms with Crippen LogP contribution in [-0.4, -0.2) is 36.1 Å². The van der Waals surface area contributed by atoms with Crippen molar-refractivity contribution in [3.63, 3.8) is 0 Å². The van der Waals surface area contributed by atoms with Crippen LogP contribution < -0.4 is 15.5 Å². The van der Waals surface area contributed by atoms with Crippen LogP contribution in [0.5, 0.6) is 0 Å². The number of hydrogen-bond acceptors (Lipinski definition) is 5. The number of rotatable bonds is 7. The quantitative estimate of drug-likeness (QED) is 0.476. The zero-order valence-electron chi connectivity index (χ0n) is 18.0. The van der Waals surface area contributed by atoms with Crippen molar-refractivity contribution in [3.8, 4) is 0 Å². The highest BCUT2D eigenvalue weighted by Gasteiger charge is 2.34. The number of alkyl halides is 3. The van der Waals surface area contributed by atoms with E-state index in [0.717, 1.165) is 68.8 Å². The van der Waals surface area contributed by atoms with Gasteiger partial charge in [-0.3, -0.25) is 0 Å². The van der Waals surface area contributed by atoms with E-state index >= 15 is 0 Å². The first-order valence-electron chi connectivity index (χ1n) is 10.2. The van der Waals surface area contributed by atoms with E-state index in [9.17, 15) is 17.6 Å². The van der Waals surface area contributed by atoms with E-state index in [-0.39, 0.29) is 36.4 Å². The Hall–Kier alpha value is -1.84. The van der Waals surface area contributed by atoms with E-state index in [4.69, 9.17) is 0 Å². The Bertz CT molecular complexity index is 867. The molecule has 180 valence electrons. The summed E-state index contributed by atoms with van der Waals surface area (Å²) in [6.07, 6.45) is 0.0371. The van der Waals surface area contributed by atoms with Gasteiger partial charge in [0.25, 0.3) is 0 Å². The monoisotopic (exact) mass is 497 g/mol. The minimum atomic E-state index is -4.77. The van der Waals surface area contributed by atoms with Crippen molar-refractivity contribution in [2.24, 2.45) is 0 Å². The summed E-state index contributed by atoms with van der Waals surface area (Å²) < 4.78 is 52.7. The normalized spacial score (nSPS) is 16.2. The van der Waals surface area contributed by atoms with Crippen molar-refractivity contribution in [2.45, 2.75) is 51.2 Å². The second kappa shape index (κ2) is 12.4. The highest BCUT2D eigenvalue weighted by molar-refractivity contribution is 5.85. The number of unbranched alkanes of at least 4 members (excludes halogenated alkanes) is 1. The van der Waals surface area contributed by atoms with E-state index in [1.54, 1.807) is 0 Å². The van der Waals surface area contributed by atoms with E-state index in [0.29, 0.717) is 6.04 Å². The summed E-state index contributed by atoms with van der Waals surface area (Å²) in [5.74, 6) is -0.348. The maximum absolute atomic E-state index is 13.6. The lowest BCUT2D eigenvalue weighted by Gasteiger charge is -2.33. The molecule has 32 heavy (non-hydrogen) atoms. The highest BCUT2D eigenvalue weighted by atomic mass is 35.5. The number of likely N-dealkylation sites (N-methyl/N-ethyl adjacent to an activating group) is 1. The molecule has 1 atom stereocenters. The number of aryl methyl sites for hydroxylation is 1. The third-order valence-corrected chi connectivity index (χ3v) is 5.23. The van der Waals surface area contributed by atoms with Crippen molar-refractivity contribution < 1.29 is 17.6 Å². The summed E-state index contributed by atoms with van der Waals surface area (Å²) in [6, 6.07) is 5.11. The zero-order valence-corrected chi connectivity index (χ0v) is 19.6. The molecule has 3 rings (SSSR count). The number of nitrogens with one attached hydrogen (secondary N) is 2. The van der Waals surface area contributed by atoms with Gasteiger partial charge in [-0.1, -0.05) is 13.3 Å². The molecule has 11 heteroatoms. The highest BCUT2D eigenvalue weighted by Crippen LogP contribution is 2.33. The van der Waals surface area contributed by atoms with E-state index < -0.39 is 17.6 Å². The Morgan fingerprint density at radius 3 is 2.56 bits per heavy atom. The average Bonchev–Trinajstić information content (AvgIpc) is 2.72. The number of piperidine rings is 1. The largest absolute Gasteiger partial charge is 0.419 e. The van der Waals surface area contributed by atoms with Gasteiger partial charge in [0.05, 0.1) is 5.56 Å². The number of hydrogen-bond donors (Lipinski definition) is 2. The van der Waals surface area contributed by atoms with Crippen molar-refractivity contribution in [1.82, 2.24) is 15.3 Å². The number of halogens is 6. The Kier molecular flexibility index (Phi) is 10.9. The van der Waals surface area contributed by atoms with Crippen LogP contribution in [-0.2, 0) is 12.6 Å². The molecule has 1 fully saturated rings. The Balaban J connectivity index is 0.00000256. The molecule has 2 aromatic rings. The Morgan fingerprint density at radius 1 is 1.16 bits per heavy atom. The summed E-state index contributed by atoms with van der Waals surface area (Å²) in [4.78, 5) is 11.2. The molecule has 1 saturated heterocycles. The van der Waals surface area contributed by atoms with Gasteiger partial charge in [-0.05, 0) is 50.9 Å². The van der Waals surface area contributed by atoms with Gasteiger partial charge in [-0.25, -0.2) is 9.37 Å². The fourth-order valence-electron chi connectivity index (χ4n) is 3.56. The predicted octanol–water partition coefficient (Wildman–Crippen LogP) is 5.75. The first-order valence-corrected chi connectivity index (χ1v) is 10.2. The average molecular weight is 498 g/mol. The lowest BCUT2D eigenvalue weighted by molar-refractivity contribution is -0.139. The van der Waals surface area contributed by atoms with Gasteiger partial charge in [0.1, 0.15) is 11.6 Å². The van der Waals surface area contributed by atoms with Gasteiger partial charge in [-0.2, -0.15) is 18.2 Å². The van der Waals surface area contributed by atoms with E-state index in [2.05, 4.69) is 32.4 Å². The molecule has 0 saturated carbocycles. The van der Waals surface area contributed by atoms with E-state index in [1.165, 1.54) is 6.07 Å². The second-order valence-electron chi connectivity index (χ2n) is 7.54. The van der Waals surface area contributed by atoms with Crippen LogP contribution in [0.4, 0.5) is 35.0 Å². The van der Waals surface area contributed by atoms with Gasteiger partial charge in [0.15, 0.2) is 0 Å². The Morgan fingerprint density at radius 2 is 1.91 bits per heavy atom. The third-order valence-electron chi connectivity index (χ3n) is 5.23. The SMILES string of the molecule is CCCCc1cc(N2CCCC(NC)C2)nc(Nc2ccc(F)c(C(F)(F)F)c2)n1.Cl.Cl. The lowest BCUT2D eigenvalue weighted by atomic mass is 10.1. The summed E-state index contributed by atoms with van der Waals surface area (Å²) in [6.45, 7) is 3.74. The molecule has 0 bridgehead atoms. The van der Waals surface area contributed by atoms with Gasteiger partial charge in [0.2, 0.25) is 5.95 Å². The van der Waals surface area contributed by atoms with Crippen molar-refractivity contribution in [2.75, 3.05) is 30.4 Å². The van der Waals surface area contributed by atoms with Crippen molar-refractivity contribution >= 4 is 42.3 Å². The number of nitrogens with zero attached hydrogens (tertiary/aromatic N) is 3. The maximum atomic E-state index is 13.6. The molecule has 1 aliphatic rings. The molecule has 2 heterocycles. The summed E-state index contributed by atoms with van der Waals surface area (Å²) in [7, 11) is 1.93. The molecule has 1 unspecified atom stereocenters. The smallest absolute Gasteiger partial charge is 0.355 e. The van der Waals surface area contributed by atoms with Crippen LogP contribution in [0, 0.1) is 5.82 Å². The van der Waals surface area contributed by atoms with Crippen LogP contribution in [0.2, 0.25) is 0 Å². The minimum Gasteiger partial charge on any atom is -0.355 e. The maximum Gasteiger partial charge on any atom is 0.419 e. The van der Waals surface area contributed by atoms with Gasteiger partial charge in [-0.15, -0.1) is 24.8 Å². The van der Waals surface area contributed by atoms with Gasteiger partial charge in [0, 0.05) is 36.6 Å². The topological polar surface area (TPSA) is 53.1 Å². The molecule has 1 aromatic heterocycles. The number of aromatic nitrogens is 2. The minimum absolute atomic E-state index is 0. The molecule has 0 aliphatic carbocycles. The first-order chi connectivity index (χ1) is 14.3. The van der Waals surface area contributed by atoms with Gasteiger partial charge < -0.3 is 15.5 Å². The second-order valence-corrected chi connectivity index (χ2v) is 7.54. The van der Waals surface area contributed by atoms with Crippen molar-refractivity contribution in [3.05, 3.63) is 41.3 Å². The zero-order chi connectivity index (χ0) is 21.7. The number of benzene rings is 1. The lowest BCUT2D eigenvalue weighted by Crippen LogP contribution is -2.44. The third kappa shape index (κ3) is 7.35. The first kappa shape index (κ1) is 28.2. The molecule has 0 amide bonds. The molecular weight excluding hydrogens is 469 g/mol. The van der Waals surface area contributed by atoms with Crippen LogP contribution in [0.15, 0.2) is 24.3 Å². The molecule has 2 N–H and O–H groups in total. The summed E-state index contributed by atoms with van der Waals surface area (Å²) in [5.41, 5.74) is -0.397. The predicted molar refractivity (Wildman–Crippen MR) is 124 cm³/mol. The summed E-state index contributed by atoms with van der Waals surface area (Å²) >= 11 is 0. The fraction of sp³-hybridized carbons (Fsp3) is 0.524. The molecule has 5 nitrogen and oxygen atoms in total. The van der Waals surface area contributed by atoms with Gasteiger partial charge >= 0.3 is 6.18 Å². The molecule has 1 aromatic carbocycles. The Labute approximate surface area is 198 Å². The van der Waals surface area contributed by atoms with Crippen LogP contribution in [0.25, 0.3) is 0 Å².